The molecule has 0 saturated carbocycles. The van der Waals surface area contributed by atoms with Crippen LogP contribution in [0.3, 0.4) is 0 Å². The van der Waals surface area contributed by atoms with Gasteiger partial charge in [-0.3, -0.25) is 14.9 Å². The minimum absolute atomic E-state index is 0.0530. The first kappa shape index (κ1) is 14.7. The van der Waals surface area contributed by atoms with E-state index in [2.05, 4.69) is 15.6 Å². The summed E-state index contributed by atoms with van der Waals surface area (Å²) in [6.45, 7) is 3.85. The minimum Gasteiger partial charge on any atom is -0.376 e. The Morgan fingerprint density at radius 3 is 2.81 bits per heavy atom. The number of fused-ring (bicyclic) bond motifs is 1. The Morgan fingerprint density at radius 2 is 2.14 bits per heavy atom. The summed E-state index contributed by atoms with van der Waals surface area (Å²) >= 11 is 0. The zero-order chi connectivity index (χ0) is 15.4. The quantitative estimate of drug-likeness (QED) is 0.648. The van der Waals surface area contributed by atoms with Gasteiger partial charge in [0, 0.05) is 29.4 Å². The number of rotatable bonds is 5. The number of benzene rings is 1. The maximum atomic E-state index is 11.6. The topological polar surface area (TPSA) is 97.2 Å². The third-order valence-corrected chi connectivity index (χ3v) is 2.83. The molecule has 0 unspecified atom stereocenters. The number of aromatic nitrogens is 1. The highest BCUT2D eigenvalue weighted by molar-refractivity contribution is 5.97. The zero-order valence-electron chi connectivity index (χ0n) is 11.8. The molecule has 1 heterocycles. The number of anilines is 1. The second kappa shape index (κ2) is 6.17. The molecule has 110 valence electrons. The predicted octanol–water partition coefficient (Wildman–Crippen LogP) is 2.08. The molecule has 0 radical (unpaired) electrons. The van der Waals surface area contributed by atoms with Gasteiger partial charge in [-0.1, -0.05) is 0 Å². The van der Waals surface area contributed by atoms with Crippen molar-refractivity contribution >= 4 is 28.2 Å². The summed E-state index contributed by atoms with van der Waals surface area (Å²) in [5.74, 6) is -0.139. The van der Waals surface area contributed by atoms with Crippen molar-refractivity contribution in [3.8, 4) is 0 Å². The first-order valence-corrected chi connectivity index (χ1v) is 6.54. The van der Waals surface area contributed by atoms with Crippen LogP contribution in [-0.4, -0.2) is 28.4 Å². The Labute approximate surface area is 121 Å². The zero-order valence-corrected chi connectivity index (χ0v) is 11.8. The molecule has 0 saturated heterocycles. The number of amides is 1. The van der Waals surface area contributed by atoms with Gasteiger partial charge in [-0.05, 0) is 32.0 Å². The van der Waals surface area contributed by atoms with Crippen LogP contribution >= 0.6 is 0 Å². The van der Waals surface area contributed by atoms with Gasteiger partial charge in [-0.25, -0.2) is 4.98 Å². The lowest BCUT2D eigenvalue weighted by atomic mass is 10.1. The summed E-state index contributed by atoms with van der Waals surface area (Å²) in [7, 11) is 0. The van der Waals surface area contributed by atoms with Crippen LogP contribution in [0.25, 0.3) is 10.9 Å². The number of non-ortho nitro benzene ring substituents is 1. The Bertz CT molecular complexity index is 685. The first-order chi connectivity index (χ1) is 9.99. The Balaban J connectivity index is 2.27. The van der Waals surface area contributed by atoms with Gasteiger partial charge in [0.1, 0.15) is 5.52 Å². The average molecular weight is 288 g/mol. The van der Waals surface area contributed by atoms with E-state index >= 15 is 0 Å². The van der Waals surface area contributed by atoms with E-state index in [0.717, 1.165) is 0 Å². The molecule has 2 rings (SSSR count). The Morgan fingerprint density at radius 1 is 1.38 bits per heavy atom. The van der Waals surface area contributed by atoms with Gasteiger partial charge in [0.25, 0.3) is 5.69 Å². The fourth-order valence-corrected chi connectivity index (χ4v) is 2.01. The molecule has 0 aliphatic rings. The van der Waals surface area contributed by atoms with Crippen LogP contribution in [0.1, 0.15) is 13.8 Å². The number of hydrogen-bond donors (Lipinski definition) is 2. The second-order valence-corrected chi connectivity index (χ2v) is 4.86. The van der Waals surface area contributed by atoms with Crippen LogP contribution in [0.2, 0.25) is 0 Å². The number of nitrogens with one attached hydrogen (secondary N) is 2. The fourth-order valence-electron chi connectivity index (χ4n) is 2.01. The molecule has 0 fully saturated rings. The maximum Gasteiger partial charge on any atom is 0.295 e. The summed E-state index contributed by atoms with van der Waals surface area (Å²) in [6.07, 6.45) is 1.50. The molecule has 7 heteroatoms. The van der Waals surface area contributed by atoms with Gasteiger partial charge in [-0.2, -0.15) is 0 Å². The van der Waals surface area contributed by atoms with Crippen LogP contribution in [0, 0.1) is 10.1 Å². The van der Waals surface area contributed by atoms with E-state index in [1.807, 2.05) is 13.8 Å². The van der Waals surface area contributed by atoms with Gasteiger partial charge in [0.2, 0.25) is 5.91 Å². The molecule has 0 atom stereocenters. The molecule has 0 spiro atoms. The van der Waals surface area contributed by atoms with Crippen molar-refractivity contribution < 1.29 is 9.72 Å². The van der Waals surface area contributed by atoms with E-state index in [1.54, 1.807) is 18.2 Å². The number of nitro benzene ring substituents is 1. The highest BCUT2D eigenvalue weighted by atomic mass is 16.6. The molecule has 1 aromatic heterocycles. The average Bonchev–Trinajstić information content (AvgIpc) is 2.43. The summed E-state index contributed by atoms with van der Waals surface area (Å²) in [5.41, 5.74) is 0.891. The van der Waals surface area contributed by atoms with Crippen molar-refractivity contribution in [2.75, 3.05) is 11.9 Å². The molecule has 2 aromatic rings. The van der Waals surface area contributed by atoms with Crippen LogP contribution < -0.4 is 10.6 Å². The molecular formula is C14H16N4O3. The van der Waals surface area contributed by atoms with E-state index in [1.165, 1.54) is 12.3 Å². The van der Waals surface area contributed by atoms with Crippen molar-refractivity contribution in [2.24, 2.45) is 0 Å². The normalized spacial score (nSPS) is 10.6. The van der Waals surface area contributed by atoms with Crippen LogP contribution in [0.4, 0.5) is 11.4 Å². The van der Waals surface area contributed by atoms with Gasteiger partial charge in [0.15, 0.2) is 0 Å². The summed E-state index contributed by atoms with van der Waals surface area (Å²) in [5, 5.41) is 17.4. The van der Waals surface area contributed by atoms with Gasteiger partial charge >= 0.3 is 0 Å². The van der Waals surface area contributed by atoms with Gasteiger partial charge in [0.05, 0.1) is 11.5 Å². The molecule has 1 amide bonds. The van der Waals surface area contributed by atoms with E-state index in [9.17, 15) is 14.9 Å². The lowest BCUT2D eigenvalue weighted by Crippen LogP contribution is -2.34. The molecule has 0 aliphatic carbocycles. The lowest BCUT2D eigenvalue weighted by Gasteiger charge is -2.11. The number of nitro groups is 1. The van der Waals surface area contributed by atoms with E-state index in [-0.39, 0.29) is 24.2 Å². The number of carbonyl (C=O) groups excluding carboxylic acids is 1. The molecule has 2 N–H and O–H groups in total. The molecule has 0 aliphatic heterocycles. The van der Waals surface area contributed by atoms with Gasteiger partial charge in [-0.15, -0.1) is 0 Å². The molecular weight excluding hydrogens is 272 g/mol. The Kier molecular flexibility index (Phi) is 4.32. The van der Waals surface area contributed by atoms with Crippen LogP contribution in [-0.2, 0) is 4.79 Å². The number of pyridine rings is 1. The van der Waals surface area contributed by atoms with E-state index in [0.29, 0.717) is 16.6 Å². The first-order valence-electron chi connectivity index (χ1n) is 6.54. The third kappa shape index (κ3) is 3.44. The van der Waals surface area contributed by atoms with Crippen molar-refractivity contribution in [1.29, 1.82) is 0 Å². The Hall–Kier alpha value is -2.70. The fraction of sp³-hybridized carbons (Fsp3) is 0.286. The molecule has 7 nitrogen and oxygen atoms in total. The largest absolute Gasteiger partial charge is 0.376 e. The third-order valence-electron chi connectivity index (χ3n) is 2.83. The standard InChI is InChI=1S/C14H16N4O3/c1-9(2)17-13(19)8-16-11-5-6-12(18(20)21)14-10(11)4-3-7-15-14/h3-7,9,16H,8H2,1-2H3,(H,17,19). The van der Waals surface area contributed by atoms with E-state index in [4.69, 9.17) is 0 Å². The SMILES string of the molecule is CC(C)NC(=O)CNc1ccc([N+](=O)[O-])c2ncccc12. The van der Waals surface area contributed by atoms with Crippen molar-refractivity contribution in [1.82, 2.24) is 10.3 Å². The summed E-state index contributed by atoms with van der Waals surface area (Å²) in [4.78, 5) is 26.2. The van der Waals surface area contributed by atoms with Crippen LogP contribution in [0.5, 0.6) is 0 Å². The smallest absolute Gasteiger partial charge is 0.295 e. The lowest BCUT2D eigenvalue weighted by molar-refractivity contribution is -0.383. The van der Waals surface area contributed by atoms with Crippen molar-refractivity contribution in [3.63, 3.8) is 0 Å². The number of hydrogen-bond acceptors (Lipinski definition) is 5. The second-order valence-electron chi connectivity index (χ2n) is 4.86. The highest BCUT2D eigenvalue weighted by Gasteiger charge is 2.15. The summed E-state index contributed by atoms with van der Waals surface area (Å²) < 4.78 is 0. The van der Waals surface area contributed by atoms with Crippen LogP contribution in [0.15, 0.2) is 30.5 Å². The van der Waals surface area contributed by atoms with Crippen molar-refractivity contribution in [2.45, 2.75) is 19.9 Å². The maximum absolute atomic E-state index is 11.6. The highest BCUT2D eigenvalue weighted by Crippen LogP contribution is 2.29. The molecule has 21 heavy (non-hydrogen) atoms. The molecule has 1 aromatic carbocycles. The van der Waals surface area contributed by atoms with Gasteiger partial charge < -0.3 is 10.6 Å². The predicted molar refractivity (Wildman–Crippen MR) is 80.2 cm³/mol. The van der Waals surface area contributed by atoms with Crippen molar-refractivity contribution in [3.05, 3.63) is 40.6 Å². The van der Waals surface area contributed by atoms with E-state index < -0.39 is 4.92 Å². The minimum atomic E-state index is -0.468. The molecule has 0 bridgehead atoms. The number of nitrogens with zero attached hydrogens (tertiary/aromatic N) is 2. The monoisotopic (exact) mass is 288 g/mol. The summed E-state index contributed by atoms with van der Waals surface area (Å²) in [6, 6.07) is 6.47. The number of carbonyl (C=O) groups is 1.